The summed E-state index contributed by atoms with van der Waals surface area (Å²) in [5.41, 5.74) is 10.0. The van der Waals surface area contributed by atoms with Gasteiger partial charge in [0.25, 0.3) is 0 Å². The number of methoxy groups -OCH3 is 1. The summed E-state index contributed by atoms with van der Waals surface area (Å²) in [5, 5.41) is 4.57. The van der Waals surface area contributed by atoms with Crippen LogP contribution >= 0.6 is 0 Å². The SMILES string of the molecule is COc1c2c(c(-c3cc(N)n(C)n3)c3c1OCCC3)OCCC2. The van der Waals surface area contributed by atoms with Crippen LogP contribution in [0.15, 0.2) is 6.07 Å². The van der Waals surface area contributed by atoms with Gasteiger partial charge in [-0.2, -0.15) is 5.10 Å². The molecule has 4 rings (SSSR count). The average Bonchev–Trinajstić information content (AvgIpc) is 2.91. The Labute approximate surface area is 135 Å². The molecular formula is C17H21N3O3. The molecule has 6 heteroatoms. The summed E-state index contributed by atoms with van der Waals surface area (Å²) >= 11 is 0. The fourth-order valence-corrected chi connectivity index (χ4v) is 3.49. The summed E-state index contributed by atoms with van der Waals surface area (Å²) in [7, 11) is 3.54. The first-order chi connectivity index (χ1) is 11.2. The molecule has 1 aromatic carbocycles. The Balaban J connectivity index is 2.03. The van der Waals surface area contributed by atoms with Crippen molar-refractivity contribution in [2.45, 2.75) is 25.7 Å². The van der Waals surface area contributed by atoms with Gasteiger partial charge in [-0.1, -0.05) is 0 Å². The van der Waals surface area contributed by atoms with Crippen molar-refractivity contribution in [3.8, 4) is 28.5 Å². The first-order valence-corrected chi connectivity index (χ1v) is 8.02. The van der Waals surface area contributed by atoms with E-state index in [9.17, 15) is 0 Å². The number of hydrogen-bond acceptors (Lipinski definition) is 5. The van der Waals surface area contributed by atoms with Gasteiger partial charge < -0.3 is 19.9 Å². The first kappa shape index (κ1) is 14.2. The molecule has 0 bridgehead atoms. The maximum Gasteiger partial charge on any atom is 0.167 e. The predicted molar refractivity (Wildman–Crippen MR) is 87.2 cm³/mol. The van der Waals surface area contributed by atoms with E-state index in [0.717, 1.165) is 65.3 Å². The Hall–Kier alpha value is -2.37. The Morgan fingerprint density at radius 2 is 1.83 bits per heavy atom. The van der Waals surface area contributed by atoms with Crippen molar-refractivity contribution in [3.63, 3.8) is 0 Å². The van der Waals surface area contributed by atoms with Crippen LogP contribution in [0.5, 0.6) is 17.2 Å². The first-order valence-electron chi connectivity index (χ1n) is 8.02. The van der Waals surface area contributed by atoms with Gasteiger partial charge >= 0.3 is 0 Å². The number of ether oxygens (including phenoxy) is 3. The van der Waals surface area contributed by atoms with Gasteiger partial charge in [-0.3, -0.25) is 4.68 Å². The van der Waals surface area contributed by atoms with E-state index in [-0.39, 0.29) is 0 Å². The summed E-state index contributed by atoms with van der Waals surface area (Å²) < 4.78 is 19.4. The molecule has 0 aliphatic carbocycles. The van der Waals surface area contributed by atoms with E-state index in [1.807, 2.05) is 13.1 Å². The topological polar surface area (TPSA) is 71.5 Å². The van der Waals surface area contributed by atoms with Gasteiger partial charge in [-0.25, -0.2) is 0 Å². The highest BCUT2D eigenvalue weighted by Crippen LogP contribution is 2.51. The van der Waals surface area contributed by atoms with Crippen LogP contribution in [0.1, 0.15) is 24.0 Å². The lowest BCUT2D eigenvalue weighted by atomic mass is 9.90. The van der Waals surface area contributed by atoms with Gasteiger partial charge in [0.15, 0.2) is 11.5 Å². The molecule has 122 valence electrons. The summed E-state index contributed by atoms with van der Waals surface area (Å²) in [4.78, 5) is 0. The number of benzene rings is 1. The minimum atomic E-state index is 0.630. The number of hydrogen-bond donors (Lipinski definition) is 1. The zero-order valence-corrected chi connectivity index (χ0v) is 13.5. The summed E-state index contributed by atoms with van der Waals surface area (Å²) in [5.74, 6) is 3.19. The van der Waals surface area contributed by atoms with Crippen LogP contribution in [0, 0.1) is 0 Å². The Morgan fingerprint density at radius 3 is 2.48 bits per heavy atom. The van der Waals surface area contributed by atoms with Gasteiger partial charge in [-0.15, -0.1) is 0 Å². The monoisotopic (exact) mass is 315 g/mol. The maximum atomic E-state index is 6.04. The molecule has 0 saturated heterocycles. The average molecular weight is 315 g/mol. The molecule has 2 aliphatic rings. The molecule has 3 heterocycles. The zero-order chi connectivity index (χ0) is 16.0. The number of nitrogens with two attached hydrogens (primary N) is 1. The van der Waals surface area contributed by atoms with Crippen LogP contribution in [0.25, 0.3) is 11.3 Å². The second-order valence-electron chi connectivity index (χ2n) is 6.01. The Bertz CT molecular complexity index is 710. The lowest BCUT2D eigenvalue weighted by Crippen LogP contribution is -2.17. The lowest BCUT2D eigenvalue weighted by Gasteiger charge is -2.29. The Morgan fingerprint density at radius 1 is 1.13 bits per heavy atom. The molecule has 2 N–H and O–H groups in total. The number of anilines is 1. The highest BCUT2D eigenvalue weighted by atomic mass is 16.5. The van der Waals surface area contributed by atoms with E-state index in [1.165, 1.54) is 0 Å². The minimum Gasteiger partial charge on any atom is -0.492 e. The fourth-order valence-electron chi connectivity index (χ4n) is 3.49. The molecule has 0 saturated carbocycles. The third-order valence-electron chi connectivity index (χ3n) is 4.57. The second kappa shape index (κ2) is 5.37. The van der Waals surface area contributed by atoms with Gasteiger partial charge in [0.05, 0.1) is 31.6 Å². The van der Waals surface area contributed by atoms with E-state index in [2.05, 4.69) is 5.10 Å². The molecule has 0 amide bonds. The molecule has 23 heavy (non-hydrogen) atoms. The molecule has 0 fully saturated rings. The molecule has 2 aliphatic heterocycles. The van der Waals surface area contributed by atoms with E-state index < -0.39 is 0 Å². The van der Waals surface area contributed by atoms with Gasteiger partial charge in [-0.05, 0) is 25.7 Å². The maximum absolute atomic E-state index is 6.04. The Kier molecular flexibility index (Phi) is 3.32. The zero-order valence-electron chi connectivity index (χ0n) is 13.5. The molecule has 0 unspecified atom stereocenters. The third-order valence-corrected chi connectivity index (χ3v) is 4.57. The lowest BCUT2D eigenvalue weighted by molar-refractivity contribution is 0.254. The molecule has 0 radical (unpaired) electrons. The van der Waals surface area contributed by atoms with E-state index in [4.69, 9.17) is 19.9 Å². The van der Waals surface area contributed by atoms with Crippen molar-refractivity contribution in [2.24, 2.45) is 7.05 Å². The standard InChI is InChI=1S/C17H21N3O3/c1-20-13(18)9-12(19-20)14-10-5-3-8-23-17(10)16(21-2)11-6-4-7-22-15(11)14/h9H,3-8,18H2,1-2H3. The van der Waals surface area contributed by atoms with Crippen LogP contribution in [0.3, 0.4) is 0 Å². The predicted octanol–water partition coefficient (Wildman–Crippen LogP) is 2.33. The van der Waals surface area contributed by atoms with Gasteiger partial charge in [0.2, 0.25) is 0 Å². The summed E-state index contributed by atoms with van der Waals surface area (Å²) in [6.45, 7) is 1.43. The third kappa shape index (κ3) is 2.12. The van der Waals surface area contributed by atoms with Crippen LogP contribution in [0.2, 0.25) is 0 Å². The second-order valence-corrected chi connectivity index (χ2v) is 6.01. The van der Waals surface area contributed by atoms with Crippen molar-refractivity contribution in [1.29, 1.82) is 0 Å². The molecule has 0 atom stereocenters. The van der Waals surface area contributed by atoms with Gasteiger partial charge in [0.1, 0.15) is 11.6 Å². The summed E-state index contributed by atoms with van der Waals surface area (Å²) in [6.07, 6.45) is 3.80. The van der Waals surface area contributed by atoms with E-state index in [0.29, 0.717) is 19.0 Å². The largest absolute Gasteiger partial charge is 0.492 e. The van der Waals surface area contributed by atoms with Gasteiger partial charge in [0, 0.05) is 24.2 Å². The minimum absolute atomic E-state index is 0.630. The van der Waals surface area contributed by atoms with Crippen LogP contribution in [-0.2, 0) is 19.9 Å². The van der Waals surface area contributed by atoms with Crippen molar-refractivity contribution in [3.05, 3.63) is 17.2 Å². The van der Waals surface area contributed by atoms with Crippen molar-refractivity contribution < 1.29 is 14.2 Å². The number of nitrogen functional groups attached to an aromatic ring is 1. The summed E-state index contributed by atoms with van der Waals surface area (Å²) in [6, 6.07) is 1.90. The number of aryl methyl sites for hydroxylation is 1. The van der Waals surface area contributed by atoms with E-state index in [1.54, 1.807) is 11.8 Å². The molecule has 6 nitrogen and oxygen atoms in total. The van der Waals surface area contributed by atoms with Crippen LogP contribution in [-0.4, -0.2) is 30.1 Å². The van der Waals surface area contributed by atoms with Crippen molar-refractivity contribution in [2.75, 3.05) is 26.1 Å². The normalized spacial score (nSPS) is 16.1. The highest BCUT2D eigenvalue weighted by Gasteiger charge is 2.31. The number of rotatable bonds is 2. The molecule has 2 aromatic rings. The van der Waals surface area contributed by atoms with E-state index >= 15 is 0 Å². The number of fused-ring (bicyclic) bond motifs is 2. The fraction of sp³-hybridized carbons (Fsp3) is 0.471. The van der Waals surface area contributed by atoms with Crippen LogP contribution in [0.4, 0.5) is 5.82 Å². The number of aromatic nitrogens is 2. The molecule has 0 spiro atoms. The number of nitrogens with zero attached hydrogens (tertiary/aromatic N) is 2. The van der Waals surface area contributed by atoms with Crippen molar-refractivity contribution in [1.82, 2.24) is 9.78 Å². The molecule has 1 aromatic heterocycles. The highest BCUT2D eigenvalue weighted by molar-refractivity contribution is 5.81. The molecular weight excluding hydrogens is 294 g/mol. The quantitative estimate of drug-likeness (QED) is 0.921. The van der Waals surface area contributed by atoms with Crippen LogP contribution < -0.4 is 19.9 Å². The smallest absolute Gasteiger partial charge is 0.167 e. The van der Waals surface area contributed by atoms with Crippen molar-refractivity contribution >= 4 is 5.82 Å².